The summed E-state index contributed by atoms with van der Waals surface area (Å²) in [5.41, 5.74) is 2.63. The van der Waals surface area contributed by atoms with Crippen LogP contribution in [0.3, 0.4) is 0 Å². The smallest absolute Gasteiger partial charge is 0.133 e. The van der Waals surface area contributed by atoms with E-state index in [1.54, 1.807) is 18.4 Å². The summed E-state index contributed by atoms with van der Waals surface area (Å²) in [5.74, 6) is 0.860. The van der Waals surface area contributed by atoms with Crippen molar-refractivity contribution in [2.45, 2.75) is 31.8 Å². The Morgan fingerprint density at radius 2 is 2.24 bits per heavy atom. The van der Waals surface area contributed by atoms with Crippen molar-refractivity contribution in [1.29, 1.82) is 0 Å². The van der Waals surface area contributed by atoms with Crippen LogP contribution >= 0.6 is 38.9 Å². The van der Waals surface area contributed by atoms with Crippen molar-refractivity contribution in [2.24, 2.45) is 0 Å². The second kappa shape index (κ2) is 6.29. The van der Waals surface area contributed by atoms with Gasteiger partial charge in [0, 0.05) is 17.0 Å². The lowest BCUT2D eigenvalue weighted by Crippen LogP contribution is -2.22. The fourth-order valence-electron chi connectivity index (χ4n) is 2.85. The maximum absolute atomic E-state index is 6.12. The fourth-order valence-corrected chi connectivity index (χ4v) is 4.77. The molecular formula is C16H17BrClNOS. The Morgan fingerprint density at radius 1 is 1.43 bits per heavy atom. The van der Waals surface area contributed by atoms with Gasteiger partial charge in [-0.15, -0.1) is 11.3 Å². The number of halogens is 2. The van der Waals surface area contributed by atoms with E-state index in [1.807, 2.05) is 6.07 Å². The maximum Gasteiger partial charge on any atom is 0.133 e. The normalized spacial score (nSPS) is 18.6. The lowest BCUT2D eigenvalue weighted by molar-refractivity contribution is 0.411. The van der Waals surface area contributed by atoms with Gasteiger partial charge in [-0.3, -0.25) is 0 Å². The topological polar surface area (TPSA) is 21.3 Å². The average molecular weight is 387 g/mol. The van der Waals surface area contributed by atoms with Gasteiger partial charge in [0.25, 0.3) is 0 Å². The molecule has 1 aliphatic rings. The summed E-state index contributed by atoms with van der Waals surface area (Å²) in [6.07, 6.45) is 2.28. The van der Waals surface area contributed by atoms with E-state index in [0.717, 1.165) is 27.4 Å². The number of nitrogens with one attached hydrogen (secondary N) is 1. The monoisotopic (exact) mass is 385 g/mol. The predicted molar refractivity (Wildman–Crippen MR) is 92.6 cm³/mol. The molecule has 2 unspecified atom stereocenters. The fraction of sp³-hybridized carbons (Fsp3) is 0.375. The van der Waals surface area contributed by atoms with Gasteiger partial charge in [0.15, 0.2) is 0 Å². The number of rotatable bonds is 4. The van der Waals surface area contributed by atoms with E-state index >= 15 is 0 Å². The van der Waals surface area contributed by atoms with Gasteiger partial charge in [0.05, 0.1) is 15.9 Å². The second-order valence-corrected chi connectivity index (χ2v) is 7.93. The molecule has 21 heavy (non-hydrogen) atoms. The van der Waals surface area contributed by atoms with Gasteiger partial charge in [0.1, 0.15) is 5.75 Å². The van der Waals surface area contributed by atoms with Crippen LogP contribution in [0.5, 0.6) is 5.75 Å². The molecule has 1 N–H and O–H groups in total. The Labute approximate surface area is 142 Å². The van der Waals surface area contributed by atoms with Gasteiger partial charge < -0.3 is 10.1 Å². The number of methoxy groups -OCH3 is 1. The minimum absolute atomic E-state index is 0.279. The summed E-state index contributed by atoms with van der Waals surface area (Å²) in [6.45, 7) is 2.19. The Morgan fingerprint density at radius 3 is 2.95 bits per heavy atom. The molecule has 0 saturated heterocycles. The third-order valence-electron chi connectivity index (χ3n) is 3.97. The summed E-state index contributed by atoms with van der Waals surface area (Å²) in [4.78, 5) is 1.43. The molecule has 1 aliphatic carbocycles. The number of benzene rings is 1. The Kier molecular flexibility index (Phi) is 4.60. The second-order valence-electron chi connectivity index (χ2n) is 5.30. The minimum atomic E-state index is 0.279. The molecular weight excluding hydrogens is 370 g/mol. The minimum Gasteiger partial charge on any atom is -0.496 e. The summed E-state index contributed by atoms with van der Waals surface area (Å²) in [7, 11) is 1.68. The predicted octanol–water partition coefficient (Wildman–Crippen LogP) is 5.51. The molecule has 0 bridgehead atoms. The van der Waals surface area contributed by atoms with Crippen molar-refractivity contribution in [3.63, 3.8) is 0 Å². The molecule has 0 spiro atoms. The summed E-state index contributed by atoms with van der Waals surface area (Å²) < 4.78 is 7.16. The van der Waals surface area contributed by atoms with Crippen molar-refractivity contribution in [3.05, 3.63) is 49.1 Å². The summed E-state index contributed by atoms with van der Waals surface area (Å²) in [5, 5.41) is 3.72. The van der Waals surface area contributed by atoms with E-state index in [2.05, 4.69) is 46.4 Å². The molecule has 2 nitrogen and oxygen atoms in total. The zero-order valence-electron chi connectivity index (χ0n) is 12.0. The van der Waals surface area contributed by atoms with Gasteiger partial charge >= 0.3 is 0 Å². The molecule has 1 heterocycles. The van der Waals surface area contributed by atoms with E-state index in [-0.39, 0.29) is 6.04 Å². The van der Waals surface area contributed by atoms with Crippen LogP contribution in [0.1, 0.15) is 41.4 Å². The number of hydrogen-bond donors (Lipinski definition) is 1. The first-order valence-corrected chi connectivity index (χ1v) is 8.95. The molecule has 112 valence electrons. The highest BCUT2D eigenvalue weighted by atomic mass is 79.9. The van der Waals surface area contributed by atoms with Crippen LogP contribution in [0, 0.1) is 0 Å². The highest BCUT2D eigenvalue weighted by Crippen LogP contribution is 2.40. The van der Waals surface area contributed by atoms with E-state index in [0.29, 0.717) is 6.04 Å². The largest absolute Gasteiger partial charge is 0.496 e. The third kappa shape index (κ3) is 3.14. The Bertz CT molecular complexity index is 658. The lowest BCUT2D eigenvalue weighted by atomic mass is 10.1. The molecule has 0 aliphatic heterocycles. The van der Waals surface area contributed by atoms with Crippen molar-refractivity contribution >= 4 is 38.9 Å². The van der Waals surface area contributed by atoms with Crippen LogP contribution in [0.15, 0.2) is 28.7 Å². The van der Waals surface area contributed by atoms with Crippen LogP contribution in [-0.4, -0.2) is 7.11 Å². The van der Waals surface area contributed by atoms with Gasteiger partial charge in [0.2, 0.25) is 0 Å². The number of ether oxygens (including phenoxy) is 1. The molecule has 0 saturated carbocycles. The molecule has 0 fully saturated rings. The first-order valence-electron chi connectivity index (χ1n) is 6.96. The first-order chi connectivity index (χ1) is 10.1. The van der Waals surface area contributed by atoms with Crippen LogP contribution in [-0.2, 0) is 6.42 Å². The quantitative estimate of drug-likeness (QED) is 0.748. The zero-order valence-corrected chi connectivity index (χ0v) is 15.1. The molecule has 0 amide bonds. The van der Waals surface area contributed by atoms with Crippen LogP contribution in [0.4, 0.5) is 0 Å². The summed E-state index contributed by atoms with van der Waals surface area (Å²) >= 11 is 11.4. The first kappa shape index (κ1) is 15.3. The molecule has 1 aromatic carbocycles. The number of hydrogen-bond acceptors (Lipinski definition) is 3. The molecule has 5 heteroatoms. The van der Waals surface area contributed by atoms with Crippen molar-refractivity contribution in [2.75, 3.05) is 7.11 Å². The average Bonchev–Trinajstić information content (AvgIpc) is 2.99. The Balaban J connectivity index is 1.75. The van der Waals surface area contributed by atoms with E-state index in [9.17, 15) is 0 Å². The maximum atomic E-state index is 6.12. The van der Waals surface area contributed by atoms with Crippen molar-refractivity contribution in [3.8, 4) is 5.75 Å². The van der Waals surface area contributed by atoms with Gasteiger partial charge in [-0.2, -0.15) is 0 Å². The Hall–Kier alpha value is -0.550. The summed E-state index contributed by atoms with van der Waals surface area (Å²) in [6, 6.07) is 9.02. The molecule has 2 atom stereocenters. The van der Waals surface area contributed by atoms with E-state index in [4.69, 9.17) is 16.3 Å². The van der Waals surface area contributed by atoms with Gasteiger partial charge in [-0.05, 0) is 65.0 Å². The third-order valence-corrected chi connectivity index (χ3v) is 5.93. The molecule has 2 aromatic rings. The highest BCUT2D eigenvalue weighted by Gasteiger charge is 2.26. The van der Waals surface area contributed by atoms with Crippen LogP contribution in [0.2, 0.25) is 4.34 Å². The number of fused-ring (bicyclic) bond motifs is 1. The van der Waals surface area contributed by atoms with Gasteiger partial charge in [-0.1, -0.05) is 17.7 Å². The SMILES string of the molecule is COc1ccc(C(C)NC2CCc3sc(Cl)cc32)cc1Br. The zero-order chi connectivity index (χ0) is 15.0. The lowest BCUT2D eigenvalue weighted by Gasteiger charge is -2.21. The van der Waals surface area contributed by atoms with E-state index < -0.39 is 0 Å². The van der Waals surface area contributed by atoms with Crippen molar-refractivity contribution in [1.82, 2.24) is 5.32 Å². The van der Waals surface area contributed by atoms with Crippen molar-refractivity contribution < 1.29 is 4.74 Å². The number of aryl methyl sites for hydroxylation is 1. The molecule has 1 aromatic heterocycles. The molecule has 3 rings (SSSR count). The number of thiophene rings is 1. The van der Waals surface area contributed by atoms with Crippen LogP contribution in [0.25, 0.3) is 0 Å². The van der Waals surface area contributed by atoms with E-state index in [1.165, 1.54) is 16.0 Å². The van der Waals surface area contributed by atoms with Crippen LogP contribution < -0.4 is 10.1 Å². The highest BCUT2D eigenvalue weighted by molar-refractivity contribution is 9.10. The van der Waals surface area contributed by atoms with Gasteiger partial charge in [-0.25, -0.2) is 0 Å². The molecule has 0 radical (unpaired) electrons. The standard InChI is InChI=1S/C16H17BrClNOS/c1-9(10-3-5-14(20-2)12(17)7-10)19-13-4-6-15-11(13)8-16(18)21-15/h3,5,7-9,13,19H,4,6H2,1-2H3.